The fourth-order valence-electron chi connectivity index (χ4n) is 1.60. The van der Waals surface area contributed by atoms with Crippen molar-refractivity contribution in [1.82, 2.24) is 5.32 Å². The summed E-state index contributed by atoms with van der Waals surface area (Å²) in [4.78, 5) is 1.66. The van der Waals surface area contributed by atoms with Gasteiger partial charge in [-0.05, 0) is 29.1 Å². The summed E-state index contributed by atoms with van der Waals surface area (Å²) in [6.07, 6.45) is 1.22. The molecule has 0 aliphatic carbocycles. The standard InChI is InChI=1S/C13H15NO2S2/c1-18(15,16)13-6-4-11(5-7-13)9-14-10-12-3-2-8-17-12/h2-8,14H,9-10H2,1H3. The van der Waals surface area contributed by atoms with Crippen molar-refractivity contribution >= 4 is 21.2 Å². The molecule has 0 bridgehead atoms. The van der Waals surface area contributed by atoms with Gasteiger partial charge in [-0.1, -0.05) is 18.2 Å². The van der Waals surface area contributed by atoms with Gasteiger partial charge in [-0.25, -0.2) is 8.42 Å². The maximum atomic E-state index is 11.3. The number of sulfone groups is 1. The molecule has 0 saturated heterocycles. The van der Waals surface area contributed by atoms with Crippen LogP contribution in [0.5, 0.6) is 0 Å². The zero-order valence-corrected chi connectivity index (χ0v) is 11.7. The van der Waals surface area contributed by atoms with Crippen LogP contribution < -0.4 is 5.32 Å². The average Bonchev–Trinajstić information content (AvgIpc) is 2.82. The van der Waals surface area contributed by atoms with Crippen molar-refractivity contribution in [2.45, 2.75) is 18.0 Å². The van der Waals surface area contributed by atoms with Gasteiger partial charge in [0.2, 0.25) is 0 Å². The molecule has 0 saturated carbocycles. The second-order valence-electron chi connectivity index (χ2n) is 4.10. The SMILES string of the molecule is CS(=O)(=O)c1ccc(CNCc2cccs2)cc1. The van der Waals surface area contributed by atoms with E-state index in [9.17, 15) is 8.42 Å². The van der Waals surface area contributed by atoms with Gasteiger partial charge in [0, 0.05) is 24.2 Å². The van der Waals surface area contributed by atoms with Crippen LogP contribution in [0, 0.1) is 0 Å². The summed E-state index contributed by atoms with van der Waals surface area (Å²) in [5, 5.41) is 5.38. The molecule has 2 aromatic rings. The molecule has 96 valence electrons. The van der Waals surface area contributed by atoms with Gasteiger partial charge >= 0.3 is 0 Å². The molecule has 0 spiro atoms. The molecule has 3 nitrogen and oxygen atoms in total. The van der Waals surface area contributed by atoms with E-state index in [0.29, 0.717) is 4.90 Å². The maximum Gasteiger partial charge on any atom is 0.175 e. The van der Waals surface area contributed by atoms with Crippen LogP contribution >= 0.6 is 11.3 Å². The number of nitrogens with one attached hydrogen (secondary N) is 1. The van der Waals surface area contributed by atoms with E-state index < -0.39 is 9.84 Å². The largest absolute Gasteiger partial charge is 0.308 e. The van der Waals surface area contributed by atoms with Crippen LogP contribution in [-0.4, -0.2) is 14.7 Å². The van der Waals surface area contributed by atoms with Crippen molar-refractivity contribution in [3.05, 3.63) is 52.2 Å². The lowest BCUT2D eigenvalue weighted by Crippen LogP contribution is -2.11. The maximum absolute atomic E-state index is 11.3. The summed E-state index contributed by atoms with van der Waals surface area (Å²) in [5.41, 5.74) is 1.08. The quantitative estimate of drug-likeness (QED) is 0.915. The van der Waals surface area contributed by atoms with Crippen LogP contribution in [0.1, 0.15) is 10.4 Å². The molecule has 0 atom stereocenters. The molecule has 0 unspecified atom stereocenters. The summed E-state index contributed by atoms with van der Waals surface area (Å²) in [6, 6.07) is 11.1. The van der Waals surface area contributed by atoms with Crippen LogP contribution in [-0.2, 0) is 22.9 Å². The minimum absolute atomic E-state index is 0.365. The van der Waals surface area contributed by atoms with Crippen molar-refractivity contribution in [2.24, 2.45) is 0 Å². The second-order valence-corrected chi connectivity index (χ2v) is 7.15. The van der Waals surface area contributed by atoms with E-state index in [4.69, 9.17) is 0 Å². The Labute approximate surface area is 111 Å². The molecule has 1 N–H and O–H groups in total. The lowest BCUT2D eigenvalue weighted by Gasteiger charge is -2.04. The molecule has 1 aromatic heterocycles. The van der Waals surface area contributed by atoms with Gasteiger partial charge in [0.05, 0.1) is 4.90 Å². The summed E-state index contributed by atoms with van der Waals surface area (Å²) >= 11 is 1.72. The minimum atomic E-state index is -3.09. The van der Waals surface area contributed by atoms with E-state index in [1.165, 1.54) is 11.1 Å². The molecular formula is C13H15NO2S2. The third-order valence-corrected chi connectivity index (χ3v) is 4.56. The van der Waals surface area contributed by atoms with Crippen molar-refractivity contribution in [2.75, 3.05) is 6.26 Å². The molecule has 18 heavy (non-hydrogen) atoms. The Morgan fingerprint density at radius 1 is 1.11 bits per heavy atom. The van der Waals surface area contributed by atoms with Gasteiger partial charge in [0.1, 0.15) is 0 Å². The van der Waals surface area contributed by atoms with Crippen LogP contribution in [0.25, 0.3) is 0 Å². The number of hydrogen-bond acceptors (Lipinski definition) is 4. The van der Waals surface area contributed by atoms with Gasteiger partial charge in [0.15, 0.2) is 9.84 Å². The van der Waals surface area contributed by atoms with E-state index in [2.05, 4.69) is 16.8 Å². The lowest BCUT2D eigenvalue weighted by molar-refractivity contribution is 0.602. The highest BCUT2D eigenvalue weighted by molar-refractivity contribution is 7.90. The number of hydrogen-bond donors (Lipinski definition) is 1. The van der Waals surface area contributed by atoms with Crippen LogP contribution in [0.15, 0.2) is 46.7 Å². The molecule has 0 amide bonds. The predicted octanol–water partition coefficient (Wildman–Crippen LogP) is 2.44. The van der Waals surface area contributed by atoms with Crippen LogP contribution in [0.2, 0.25) is 0 Å². The first-order valence-corrected chi connectivity index (χ1v) is 8.35. The van der Waals surface area contributed by atoms with E-state index in [1.807, 2.05) is 18.2 Å². The Hall–Kier alpha value is -1.17. The molecule has 1 heterocycles. The van der Waals surface area contributed by atoms with Crippen molar-refractivity contribution in [1.29, 1.82) is 0 Å². The summed E-state index contributed by atoms with van der Waals surface area (Å²) in [7, 11) is -3.09. The third-order valence-electron chi connectivity index (χ3n) is 2.56. The normalized spacial score (nSPS) is 11.6. The smallest absolute Gasteiger partial charge is 0.175 e. The van der Waals surface area contributed by atoms with E-state index in [-0.39, 0.29) is 0 Å². The molecule has 5 heteroatoms. The average molecular weight is 281 g/mol. The van der Waals surface area contributed by atoms with Crippen molar-refractivity contribution < 1.29 is 8.42 Å². The zero-order valence-electron chi connectivity index (χ0n) is 10.1. The van der Waals surface area contributed by atoms with Gasteiger partial charge in [-0.3, -0.25) is 0 Å². The van der Waals surface area contributed by atoms with Crippen molar-refractivity contribution in [3.8, 4) is 0 Å². The number of rotatable bonds is 5. The molecule has 1 aromatic carbocycles. The highest BCUT2D eigenvalue weighted by Crippen LogP contribution is 2.11. The number of benzene rings is 1. The van der Waals surface area contributed by atoms with E-state index >= 15 is 0 Å². The Morgan fingerprint density at radius 2 is 1.83 bits per heavy atom. The molecule has 0 radical (unpaired) electrons. The van der Waals surface area contributed by atoms with Gasteiger partial charge in [0.25, 0.3) is 0 Å². The Kier molecular flexibility index (Phi) is 4.16. The molecule has 0 aliphatic heterocycles. The highest BCUT2D eigenvalue weighted by atomic mass is 32.2. The summed E-state index contributed by atoms with van der Waals surface area (Å²) in [5.74, 6) is 0. The van der Waals surface area contributed by atoms with Crippen molar-refractivity contribution in [3.63, 3.8) is 0 Å². The monoisotopic (exact) mass is 281 g/mol. The van der Waals surface area contributed by atoms with E-state index in [0.717, 1.165) is 18.7 Å². The molecular weight excluding hydrogens is 266 g/mol. The fourth-order valence-corrected chi connectivity index (χ4v) is 2.90. The molecule has 2 rings (SSSR count). The van der Waals surface area contributed by atoms with E-state index in [1.54, 1.807) is 23.5 Å². The lowest BCUT2D eigenvalue weighted by atomic mass is 10.2. The van der Waals surface area contributed by atoms with Crippen LogP contribution in [0.3, 0.4) is 0 Å². The summed E-state index contributed by atoms with van der Waals surface area (Å²) in [6.45, 7) is 1.58. The highest BCUT2D eigenvalue weighted by Gasteiger charge is 2.05. The minimum Gasteiger partial charge on any atom is -0.308 e. The Bertz CT molecular complexity index is 586. The third kappa shape index (κ3) is 3.66. The summed E-state index contributed by atoms with van der Waals surface area (Å²) < 4.78 is 22.6. The predicted molar refractivity (Wildman–Crippen MR) is 74.4 cm³/mol. The molecule has 0 fully saturated rings. The fraction of sp³-hybridized carbons (Fsp3) is 0.231. The Balaban J connectivity index is 1.91. The Morgan fingerprint density at radius 3 is 2.39 bits per heavy atom. The second kappa shape index (κ2) is 5.65. The number of thiophene rings is 1. The van der Waals surface area contributed by atoms with Gasteiger partial charge < -0.3 is 5.32 Å². The first-order valence-electron chi connectivity index (χ1n) is 5.58. The molecule has 0 aliphatic rings. The topological polar surface area (TPSA) is 46.2 Å². The first kappa shape index (κ1) is 13.3. The van der Waals surface area contributed by atoms with Crippen LogP contribution in [0.4, 0.5) is 0 Å². The van der Waals surface area contributed by atoms with Gasteiger partial charge in [-0.2, -0.15) is 0 Å². The first-order chi connectivity index (χ1) is 8.55. The van der Waals surface area contributed by atoms with Gasteiger partial charge in [-0.15, -0.1) is 11.3 Å². The zero-order chi connectivity index (χ0) is 13.0.